The van der Waals surface area contributed by atoms with Crippen molar-refractivity contribution in [2.24, 2.45) is 0 Å². The quantitative estimate of drug-likeness (QED) is 0.797. The Kier molecular flexibility index (Phi) is 6.43. The third-order valence-corrected chi connectivity index (χ3v) is 6.57. The molecule has 1 saturated heterocycles. The van der Waals surface area contributed by atoms with Gasteiger partial charge >= 0.3 is 6.09 Å². The first-order chi connectivity index (χ1) is 13.4. The molecular weight excluding hydrogens is 402 g/mol. The highest BCUT2D eigenvalue weighted by Crippen LogP contribution is 2.24. The average molecular weight is 424 g/mol. The summed E-state index contributed by atoms with van der Waals surface area (Å²) in [6.45, 7) is 3.92. The van der Waals surface area contributed by atoms with Crippen LogP contribution in [0.4, 0.5) is 16.2 Å². The molecule has 3 rings (SSSR count). The zero-order valence-corrected chi connectivity index (χ0v) is 17.0. The zero-order chi connectivity index (χ0) is 20.1. The Morgan fingerprint density at radius 2 is 1.79 bits per heavy atom. The highest BCUT2D eigenvalue weighted by molar-refractivity contribution is 7.89. The summed E-state index contributed by atoms with van der Waals surface area (Å²) in [5.41, 5.74) is 1.46. The number of hydrogen-bond donors (Lipinski definition) is 1. The number of ether oxygens (including phenoxy) is 1. The van der Waals surface area contributed by atoms with Crippen molar-refractivity contribution in [3.05, 3.63) is 53.6 Å². The van der Waals surface area contributed by atoms with Gasteiger partial charge in [0.2, 0.25) is 10.0 Å². The molecule has 0 aromatic heterocycles. The van der Waals surface area contributed by atoms with Crippen LogP contribution in [0.15, 0.2) is 53.4 Å². The van der Waals surface area contributed by atoms with Gasteiger partial charge in [0.15, 0.2) is 0 Å². The number of carbonyl (C=O) groups is 1. The topological polar surface area (TPSA) is 78.9 Å². The number of benzene rings is 2. The van der Waals surface area contributed by atoms with Crippen LogP contribution >= 0.6 is 11.6 Å². The molecule has 0 bridgehead atoms. The fourth-order valence-corrected chi connectivity index (χ4v) is 4.61. The van der Waals surface area contributed by atoms with E-state index in [-0.39, 0.29) is 11.5 Å². The predicted octanol–water partition coefficient (Wildman–Crippen LogP) is 3.42. The molecule has 0 atom stereocenters. The van der Waals surface area contributed by atoms with Crippen molar-refractivity contribution in [1.29, 1.82) is 0 Å². The molecule has 1 fully saturated rings. The standard InChI is InChI=1S/C19H22ClN3O4S/c1-2-27-19(24)21-16-6-8-18(9-7-16)28(25,26)23-12-10-22(11-13-23)17-5-3-4-15(20)14-17/h3-9,14H,2,10-13H2,1H3,(H,21,24). The number of nitrogens with zero attached hydrogens (tertiary/aromatic N) is 2. The van der Waals surface area contributed by atoms with Crippen molar-refractivity contribution in [1.82, 2.24) is 4.31 Å². The molecule has 0 saturated carbocycles. The molecule has 2 aromatic carbocycles. The lowest BCUT2D eigenvalue weighted by Gasteiger charge is -2.35. The number of rotatable bonds is 5. The first kappa shape index (κ1) is 20.4. The summed E-state index contributed by atoms with van der Waals surface area (Å²) < 4.78 is 32.1. The minimum absolute atomic E-state index is 0.193. The van der Waals surface area contributed by atoms with E-state index in [0.29, 0.717) is 36.9 Å². The summed E-state index contributed by atoms with van der Waals surface area (Å²) in [6, 6.07) is 13.6. The molecule has 1 aliphatic heterocycles. The minimum Gasteiger partial charge on any atom is -0.450 e. The summed E-state index contributed by atoms with van der Waals surface area (Å²) in [6.07, 6.45) is -0.574. The first-order valence-electron chi connectivity index (χ1n) is 8.94. The number of sulfonamides is 1. The maximum atomic E-state index is 12.9. The number of nitrogens with one attached hydrogen (secondary N) is 1. The van der Waals surface area contributed by atoms with Crippen molar-refractivity contribution in [2.75, 3.05) is 43.0 Å². The van der Waals surface area contributed by atoms with Crippen LogP contribution in [0.2, 0.25) is 5.02 Å². The number of anilines is 2. The van der Waals surface area contributed by atoms with Gasteiger partial charge in [-0.25, -0.2) is 13.2 Å². The van der Waals surface area contributed by atoms with Crippen LogP contribution in [0.1, 0.15) is 6.92 Å². The summed E-state index contributed by atoms with van der Waals surface area (Å²) in [4.78, 5) is 13.7. The lowest BCUT2D eigenvalue weighted by Crippen LogP contribution is -2.48. The van der Waals surface area contributed by atoms with Gasteiger partial charge in [0.05, 0.1) is 11.5 Å². The predicted molar refractivity (Wildman–Crippen MR) is 110 cm³/mol. The zero-order valence-electron chi connectivity index (χ0n) is 15.5. The van der Waals surface area contributed by atoms with E-state index in [9.17, 15) is 13.2 Å². The number of carbonyl (C=O) groups excluding carboxylic acids is 1. The normalized spacial score (nSPS) is 15.3. The average Bonchev–Trinajstić information content (AvgIpc) is 2.69. The maximum absolute atomic E-state index is 12.9. The molecular formula is C19H22ClN3O4S. The second-order valence-corrected chi connectivity index (χ2v) is 8.62. The SMILES string of the molecule is CCOC(=O)Nc1ccc(S(=O)(=O)N2CCN(c3cccc(Cl)c3)CC2)cc1. The highest BCUT2D eigenvalue weighted by Gasteiger charge is 2.28. The van der Waals surface area contributed by atoms with Crippen LogP contribution in [-0.2, 0) is 14.8 Å². The van der Waals surface area contributed by atoms with Crippen molar-refractivity contribution in [2.45, 2.75) is 11.8 Å². The molecule has 150 valence electrons. The smallest absolute Gasteiger partial charge is 0.411 e. The second-order valence-electron chi connectivity index (χ2n) is 6.24. The van der Waals surface area contributed by atoms with Crippen LogP contribution in [0.25, 0.3) is 0 Å². The summed E-state index contributed by atoms with van der Waals surface area (Å²) in [5.74, 6) is 0. The molecule has 2 aromatic rings. The van der Waals surface area contributed by atoms with Gasteiger partial charge in [-0.1, -0.05) is 17.7 Å². The van der Waals surface area contributed by atoms with Gasteiger partial charge in [-0.15, -0.1) is 0 Å². The van der Waals surface area contributed by atoms with Gasteiger partial charge < -0.3 is 9.64 Å². The number of hydrogen-bond acceptors (Lipinski definition) is 5. The lowest BCUT2D eigenvalue weighted by molar-refractivity contribution is 0.168. The van der Waals surface area contributed by atoms with Gasteiger partial charge in [0.25, 0.3) is 0 Å². The van der Waals surface area contributed by atoms with E-state index in [4.69, 9.17) is 16.3 Å². The van der Waals surface area contributed by atoms with Crippen molar-refractivity contribution in [3.63, 3.8) is 0 Å². The van der Waals surface area contributed by atoms with E-state index >= 15 is 0 Å². The Balaban J connectivity index is 1.64. The molecule has 1 heterocycles. The highest BCUT2D eigenvalue weighted by atomic mass is 35.5. The fraction of sp³-hybridized carbons (Fsp3) is 0.316. The number of halogens is 1. The van der Waals surface area contributed by atoms with Crippen LogP contribution in [0, 0.1) is 0 Å². The molecule has 1 aliphatic rings. The van der Waals surface area contributed by atoms with Crippen molar-refractivity contribution in [3.8, 4) is 0 Å². The van der Waals surface area contributed by atoms with Gasteiger partial charge in [-0.05, 0) is 49.4 Å². The van der Waals surface area contributed by atoms with E-state index in [1.54, 1.807) is 19.1 Å². The summed E-state index contributed by atoms with van der Waals surface area (Å²) >= 11 is 6.04. The summed E-state index contributed by atoms with van der Waals surface area (Å²) in [5, 5.41) is 3.20. The molecule has 7 nitrogen and oxygen atoms in total. The van der Waals surface area contributed by atoms with E-state index in [1.165, 1.54) is 16.4 Å². The van der Waals surface area contributed by atoms with Gasteiger partial charge in [0.1, 0.15) is 0 Å². The van der Waals surface area contributed by atoms with Crippen LogP contribution in [0.3, 0.4) is 0 Å². The Bertz CT molecular complexity index is 926. The van der Waals surface area contributed by atoms with Gasteiger partial charge in [-0.2, -0.15) is 4.31 Å². The Morgan fingerprint density at radius 1 is 1.11 bits per heavy atom. The number of piperazine rings is 1. The Hall–Kier alpha value is -2.29. The molecule has 9 heteroatoms. The Morgan fingerprint density at radius 3 is 2.39 bits per heavy atom. The lowest BCUT2D eigenvalue weighted by atomic mass is 10.2. The van der Waals surface area contributed by atoms with E-state index in [1.807, 2.05) is 24.3 Å². The Labute approximate surface area is 169 Å². The van der Waals surface area contributed by atoms with Gasteiger partial charge in [0, 0.05) is 42.6 Å². The van der Waals surface area contributed by atoms with E-state index < -0.39 is 16.1 Å². The van der Waals surface area contributed by atoms with Crippen LogP contribution in [0.5, 0.6) is 0 Å². The van der Waals surface area contributed by atoms with Crippen molar-refractivity contribution >= 4 is 39.1 Å². The van der Waals surface area contributed by atoms with Crippen LogP contribution < -0.4 is 10.2 Å². The fourth-order valence-electron chi connectivity index (χ4n) is 3.00. The van der Waals surface area contributed by atoms with Gasteiger partial charge in [-0.3, -0.25) is 5.32 Å². The van der Waals surface area contributed by atoms with Crippen LogP contribution in [-0.4, -0.2) is 51.6 Å². The van der Waals surface area contributed by atoms with E-state index in [2.05, 4.69) is 10.2 Å². The van der Waals surface area contributed by atoms with Crippen molar-refractivity contribution < 1.29 is 17.9 Å². The first-order valence-corrected chi connectivity index (χ1v) is 10.8. The third kappa shape index (κ3) is 4.76. The molecule has 0 spiro atoms. The molecule has 0 radical (unpaired) electrons. The molecule has 1 N–H and O–H groups in total. The third-order valence-electron chi connectivity index (χ3n) is 4.43. The van der Waals surface area contributed by atoms with E-state index in [0.717, 1.165) is 5.69 Å². The minimum atomic E-state index is -3.59. The number of amides is 1. The maximum Gasteiger partial charge on any atom is 0.411 e. The molecule has 0 aliphatic carbocycles. The monoisotopic (exact) mass is 423 g/mol. The summed E-state index contributed by atoms with van der Waals surface area (Å²) in [7, 11) is -3.59. The molecule has 1 amide bonds. The molecule has 28 heavy (non-hydrogen) atoms. The largest absolute Gasteiger partial charge is 0.450 e. The molecule has 0 unspecified atom stereocenters. The second kappa shape index (κ2) is 8.81.